The van der Waals surface area contributed by atoms with E-state index in [0.29, 0.717) is 13.2 Å². The van der Waals surface area contributed by atoms with Gasteiger partial charge in [-0.05, 0) is 20.3 Å². The van der Waals surface area contributed by atoms with Gasteiger partial charge in [0, 0.05) is 0 Å². The molecule has 0 fully saturated rings. The molecule has 1 atom stereocenters. The lowest BCUT2D eigenvalue weighted by Gasteiger charge is -2.21. The third-order valence-electron chi connectivity index (χ3n) is 2.01. The molecule has 0 N–H and O–H groups in total. The SMILES string of the molecule is CCCCCC(Br)P(=O)(OCC)OCC. The molecule has 0 radical (unpaired) electrons. The van der Waals surface area contributed by atoms with Gasteiger partial charge in [0.25, 0.3) is 0 Å². The molecule has 0 aromatic carbocycles. The van der Waals surface area contributed by atoms with Gasteiger partial charge in [-0.2, -0.15) is 0 Å². The van der Waals surface area contributed by atoms with Gasteiger partial charge in [0.1, 0.15) is 4.57 Å². The summed E-state index contributed by atoms with van der Waals surface area (Å²) in [6.07, 6.45) is 4.20. The van der Waals surface area contributed by atoms with E-state index in [1.807, 2.05) is 13.8 Å². The van der Waals surface area contributed by atoms with Crippen LogP contribution in [-0.2, 0) is 13.6 Å². The van der Waals surface area contributed by atoms with E-state index in [0.717, 1.165) is 25.7 Å². The van der Waals surface area contributed by atoms with Gasteiger partial charge < -0.3 is 9.05 Å². The zero-order chi connectivity index (χ0) is 11.7. The summed E-state index contributed by atoms with van der Waals surface area (Å²) < 4.78 is 22.5. The lowest BCUT2D eigenvalue weighted by molar-refractivity contribution is 0.217. The molecule has 3 nitrogen and oxygen atoms in total. The van der Waals surface area contributed by atoms with Crippen LogP contribution in [0.1, 0.15) is 46.5 Å². The van der Waals surface area contributed by atoms with Gasteiger partial charge in [0.15, 0.2) is 0 Å². The Morgan fingerprint density at radius 1 is 1.13 bits per heavy atom. The van der Waals surface area contributed by atoms with Gasteiger partial charge in [-0.3, -0.25) is 4.57 Å². The number of halogens is 1. The molecule has 0 saturated carbocycles. The number of hydrogen-bond donors (Lipinski definition) is 0. The van der Waals surface area contributed by atoms with Crippen molar-refractivity contribution >= 4 is 23.5 Å². The van der Waals surface area contributed by atoms with E-state index in [1.54, 1.807) is 0 Å². The number of alkyl halides is 1. The van der Waals surface area contributed by atoms with Gasteiger partial charge in [-0.1, -0.05) is 42.1 Å². The van der Waals surface area contributed by atoms with Crippen molar-refractivity contribution < 1.29 is 13.6 Å². The summed E-state index contributed by atoms with van der Waals surface area (Å²) in [6, 6.07) is 0. The second-order valence-corrected chi connectivity index (χ2v) is 7.34. The third-order valence-corrected chi connectivity index (χ3v) is 6.15. The molecular formula is C10H22BrO3P. The van der Waals surface area contributed by atoms with Crippen molar-refractivity contribution in [1.82, 2.24) is 0 Å². The Bertz CT molecular complexity index is 189. The Hall–Kier alpha value is 0.630. The maximum absolute atomic E-state index is 12.2. The van der Waals surface area contributed by atoms with E-state index in [9.17, 15) is 4.57 Å². The van der Waals surface area contributed by atoms with Crippen LogP contribution in [0.25, 0.3) is 0 Å². The van der Waals surface area contributed by atoms with Crippen LogP contribution in [0.4, 0.5) is 0 Å². The second kappa shape index (κ2) is 8.74. The molecule has 0 aliphatic carbocycles. The molecule has 0 aliphatic rings. The van der Waals surface area contributed by atoms with Gasteiger partial charge in [-0.25, -0.2) is 0 Å². The number of unbranched alkanes of at least 4 members (excludes halogenated alkanes) is 2. The van der Waals surface area contributed by atoms with Crippen LogP contribution >= 0.6 is 23.5 Å². The largest absolute Gasteiger partial charge is 0.344 e. The first kappa shape index (κ1) is 15.6. The van der Waals surface area contributed by atoms with Crippen molar-refractivity contribution in [2.24, 2.45) is 0 Å². The molecule has 0 spiro atoms. The van der Waals surface area contributed by atoms with Gasteiger partial charge in [0.05, 0.1) is 13.2 Å². The third kappa shape index (κ3) is 6.06. The van der Waals surface area contributed by atoms with E-state index in [-0.39, 0.29) is 4.57 Å². The Morgan fingerprint density at radius 2 is 1.67 bits per heavy atom. The van der Waals surface area contributed by atoms with Crippen molar-refractivity contribution in [2.75, 3.05) is 13.2 Å². The minimum Gasteiger partial charge on any atom is -0.308 e. The summed E-state index contributed by atoms with van der Waals surface area (Å²) in [4.78, 5) is 0. The first-order chi connectivity index (χ1) is 7.10. The Labute approximate surface area is 102 Å². The maximum Gasteiger partial charge on any atom is 0.344 e. The predicted molar refractivity (Wildman–Crippen MR) is 67.7 cm³/mol. The van der Waals surface area contributed by atoms with Crippen LogP contribution in [0.3, 0.4) is 0 Å². The van der Waals surface area contributed by atoms with Crippen LogP contribution < -0.4 is 0 Å². The molecule has 15 heavy (non-hydrogen) atoms. The molecule has 0 aromatic heterocycles. The molecule has 0 bridgehead atoms. The van der Waals surface area contributed by atoms with Crippen LogP contribution in [0.2, 0.25) is 0 Å². The zero-order valence-corrected chi connectivity index (χ0v) is 12.4. The summed E-state index contributed by atoms with van der Waals surface area (Å²) in [5.41, 5.74) is 0. The minimum absolute atomic E-state index is 0.170. The van der Waals surface area contributed by atoms with Crippen molar-refractivity contribution in [3.63, 3.8) is 0 Å². The predicted octanol–water partition coefficient (Wildman–Crippen LogP) is 4.55. The van der Waals surface area contributed by atoms with E-state index >= 15 is 0 Å². The standard InChI is InChI=1S/C10H22BrO3P/c1-4-7-8-9-10(11)15(12,13-5-2)14-6-3/h10H,4-9H2,1-3H3. The highest BCUT2D eigenvalue weighted by Crippen LogP contribution is 2.57. The first-order valence-corrected chi connectivity index (χ1v) is 8.16. The average Bonchev–Trinajstić information content (AvgIpc) is 2.18. The molecule has 0 aromatic rings. The van der Waals surface area contributed by atoms with E-state index in [1.165, 1.54) is 0 Å². The van der Waals surface area contributed by atoms with Crippen molar-refractivity contribution in [2.45, 2.75) is 51.0 Å². The minimum atomic E-state index is -2.93. The number of hydrogen-bond acceptors (Lipinski definition) is 3. The summed E-state index contributed by atoms with van der Waals surface area (Å²) >= 11 is 3.42. The van der Waals surface area contributed by atoms with E-state index in [4.69, 9.17) is 9.05 Å². The fourth-order valence-corrected chi connectivity index (χ4v) is 3.93. The second-order valence-electron chi connectivity index (χ2n) is 3.31. The topological polar surface area (TPSA) is 35.5 Å². The summed E-state index contributed by atoms with van der Waals surface area (Å²) in [5.74, 6) is 0. The van der Waals surface area contributed by atoms with Crippen molar-refractivity contribution in [3.05, 3.63) is 0 Å². The van der Waals surface area contributed by atoms with Crippen LogP contribution in [0.15, 0.2) is 0 Å². The normalized spacial score (nSPS) is 14.1. The first-order valence-electron chi connectivity index (χ1n) is 5.63. The smallest absolute Gasteiger partial charge is 0.308 e. The highest BCUT2D eigenvalue weighted by atomic mass is 79.9. The Balaban J connectivity index is 4.15. The van der Waals surface area contributed by atoms with Gasteiger partial charge in [0.2, 0.25) is 0 Å². The van der Waals surface area contributed by atoms with Crippen LogP contribution in [0.5, 0.6) is 0 Å². The molecule has 92 valence electrons. The molecule has 0 heterocycles. The van der Waals surface area contributed by atoms with Gasteiger partial charge >= 0.3 is 7.60 Å². The molecule has 0 aliphatic heterocycles. The van der Waals surface area contributed by atoms with Crippen LogP contribution in [-0.4, -0.2) is 17.8 Å². The fraction of sp³-hybridized carbons (Fsp3) is 1.00. The molecule has 5 heteroatoms. The van der Waals surface area contributed by atoms with Crippen molar-refractivity contribution in [3.8, 4) is 0 Å². The maximum atomic E-state index is 12.2. The highest BCUT2D eigenvalue weighted by Gasteiger charge is 2.32. The van der Waals surface area contributed by atoms with E-state index in [2.05, 4.69) is 22.9 Å². The molecule has 0 saturated heterocycles. The highest BCUT2D eigenvalue weighted by molar-refractivity contribution is 9.10. The lowest BCUT2D eigenvalue weighted by atomic mass is 10.2. The van der Waals surface area contributed by atoms with Crippen molar-refractivity contribution in [1.29, 1.82) is 0 Å². The quantitative estimate of drug-likeness (QED) is 0.356. The molecule has 1 unspecified atom stereocenters. The Morgan fingerprint density at radius 3 is 2.07 bits per heavy atom. The number of rotatable bonds is 9. The summed E-state index contributed by atoms with van der Waals surface area (Å²) in [7, 11) is -2.93. The zero-order valence-electron chi connectivity index (χ0n) is 9.87. The van der Waals surface area contributed by atoms with Gasteiger partial charge in [-0.15, -0.1) is 0 Å². The lowest BCUT2D eigenvalue weighted by Crippen LogP contribution is -2.07. The molecule has 0 amide bonds. The monoisotopic (exact) mass is 300 g/mol. The Kier molecular flexibility index (Phi) is 9.11. The fourth-order valence-electron chi connectivity index (χ4n) is 1.28. The molecular weight excluding hydrogens is 279 g/mol. The van der Waals surface area contributed by atoms with Crippen LogP contribution in [0, 0.1) is 0 Å². The summed E-state index contributed by atoms with van der Waals surface area (Å²) in [6.45, 7) is 6.66. The summed E-state index contributed by atoms with van der Waals surface area (Å²) in [5, 5.41) is 0. The molecule has 0 rings (SSSR count). The van der Waals surface area contributed by atoms with E-state index < -0.39 is 7.60 Å². The average molecular weight is 301 g/mol.